The second-order valence-electron chi connectivity index (χ2n) is 5.88. The molecule has 1 heterocycles. The molecule has 0 radical (unpaired) electrons. The molecule has 2 aromatic rings. The van der Waals surface area contributed by atoms with Gasteiger partial charge in [0.15, 0.2) is 0 Å². The van der Waals surface area contributed by atoms with Crippen molar-refractivity contribution in [2.75, 3.05) is 6.54 Å². The number of carboxylic acid groups (broad SMARTS) is 1. The molecular weight excluding hydrogens is 377 g/mol. The molecule has 1 atom stereocenters. The zero-order chi connectivity index (χ0) is 19.7. The van der Waals surface area contributed by atoms with Gasteiger partial charge in [0.1, 0.15) is 18.1 Å². The number of carboxylic acids is 1. The number of rotatable bonds is 4. The summed E-state index contributed by atoms with van der Waals surface area (Å²) in [5.74, 6) is -4.39. The number of aliphatic hydroxyl groups is 1. The first-order chi connectivity index (χ1) is 12.8. The molecule has 2 aromatic carbocycles. The summed E-state index contributed by atoms with van der Waals surface area (Å²) in [6.45, 7) is -0.746. The van der Waals surface area contributed by atoms with E-state index >= 15 is 0 Å². The fourth-order valence-electron chi connectivity index (χ4n) is 2.94. The fraction of sp³-hybridized carbons (Fsp3) is 0.105. The lowest BCUT2D eigenvalue weighted by Crippen LogP contribution is -2.34. The average molecular weight is 390 g/mol. The summed E-state index contributed by atoms with van der Waals surface area (Å²) in [4.78, 5) is 36.9. The Hall–Kier alpha value is -3.19. The van der Waals surface area contributed by atoms with Crippen LogP contribution in [0.25, 0.3) is 5.76 Å². The van der Waals surface area contributed by atoms with Gasteiger partial charge >= 0.3 is 5.97 Å². The van der Waals surface area contributed by atoms with Crippen LogP contribution in [0.3, 0.4) is 0 Å². The Balaban J connectivity index is 2.19. The van der Waals surface area contributed by atoms with Gasteiger partial charge < -0.3 is 15.1 Å². The van der Waals surface area contributed by atoms with Gasteiger partial charge in [0.25, 0.3) is 11.7 Å². The Morgan fingerprint density at radius 2 is 1.63 bits per heavy atom. The van der Waals surface area contributed by atoms with E-state index in [-0.39, 0.29) is 11.1 Å². The molecule has 1 aliphatic rings. The first kappa shape index (κ1) is 18.6. The van der Waals surface area contributed by atoms with Crippen molar-refractivity contribution in [1.82, 2.24) is 4.90 Å². The van der Waals surface area contributed by atoms with Crippen LogP contribution in [0.2, 0.25) is 5.02 Å². The molecule has 1 saturated heterocycles. The molecule has 0 aromatic heterocycles. The lowest BCUT2D eigenvalue weighted by molar-refractivity contribution is -0.146. The van der Waals surface area contributed by atoms with Crippen LogP contribution >= 0.6 is 11.6 Å². The molecule has 0 aliphatic carbocycles. The third-order valence-electron chi connectivity index (χ3n) is 4.15. The zero-order valence-corrected chi connectivity index (χ0v) is 14.5. The van der Waals surface area contributed by atoms with Crippen LogP contribution in [0.5, 0.6) is 0 Å². The summed E-state index contributed by atoms with van der Waals surface area (Å²) in [6.07, 6.45) is 0. The molecule has 1 fully saturated rings. The highest BCUT2D eigenvalue weighted by Gasteiger charge is 2.46. The normalized spacial score (nSPS) is 18.7. The molecule has 1 unspecified atom stereocenters. The number of hydrogen-bond acceptors (Lipinski definition) is 4. The van der Waals surface area contributed by atoms with E-state index in [1.807, 2.05) is 0 Å². The maximum absolute atomic E-state index is 13.3. The lowest BCUT2D eigenvalue weighted by Gasteiger charge is -2.23. The smallest absolute Gasteiger partial charge is 0.323 e. The first-order valence-electron chi connectivity index (χ1n) is 7.81. The second-order valence-corrected chi connectivity index (χ2v) is 6.32. The van der Waals surface area contributed by atoms with Gasteiger partial charge in [-0.05, 0) is 42.0 Å². The number of ketones is 1. The number of likely N-dealkylation sites (tertiary alicyclic amines) is 1. The van der Waals surface area contributed by atoms with E-state index in [1.165, 1.54) is 36.4 Å². The van der Waals surface area contributed by atoms with Crippen LogP contribution in [0.15, 0.2) is 54.1 Å². The van der Waals surface area contributed by atoms with Crippen molar-refractivity contribution in [2.45, 2.75) is 6.04 Å². The number of nitrogens with zero attached hydrogens (tertiary/aromatic N) is 1. The standard InChI is InChI=1S/C19H13ClFNO5/c20-12-5-1-11(2-6-12)17(25)15-16(10-3-7-13(21)8-4-10)22(9-14(23)24)19(27)18(15)26/h1-8,16,25H,9H2,(H,23,24). The Morgan fingerprint density at radius 1 is 1.04 bits per heavy atom. The predicted molar refractivity (Wildman–Crippen MR) is 94.5 cm³/mol. The number of carbonyl (C=O) groups excluding carboxylic acids is 2. The molecule has 0 spiro atoms. The quantitative estimate of drug-likeness (QED) is 0.476. The number of Topliss-reactive ketones (excluding diaryl/α,β-unsaturated/α-hetero) is 1. The highest BCUT2D eigenvalue weighted by Crippen LogP contribution is 2.39. The summed E-state index contributed by atoms with van der Waals surface area (Å²) in [7, 11) is 0. The predicted octanol–water partition coefficient (Wildman–Crippen LogP) is 2.99. The van der Waals surface area contributed by atoms with Crippen molar-refractivity contribution in [3.05, 3.63) is 76.1 Å². The lowest BCUT2D eigenvalue weighted by atomic mass is 9.95. The summed E-state index contributed by atoms with van der Waals surface area (Å²) in [5, 5.41) is 20.2. The van der Waals surface area contributed by atoms with E-state index in [0.717, 1.165) is 17.0 Å². The average Bonchev–Trinajstić information content (AvgIpc) is 2.87. The Kier molecular flexibility index (Phi) is 4.96. The monoisotopic (exact) mass is 389 g/mol. The minimum atomic E-state index is -1.32. The van der Waals surface area contributed by atoms with E-state index in [4.69, 9.17) is 16.7 Å². The van der Waals surface area contributed by atoms with Gasteiger partial charge in [0, 0.05) is 10.6 Å². The third kappa shape index (κ3) is 3.54. The van der Waals surface area contributed by atoms with Crippen LogP contribution < -0.4 is 0 Å². The van der Waals surface area contributed by atoms with E-state index in [1.54, 1.807) is 0 Å². The van der Waals surface area contributed by atoms with E-state index in [0.29, 0.717) is 10.6 Å². The van der Waals surface area contributed by atoms with Crippen molar-refractivity contribution >= 4 is 35.0 Å². The fourth-order valence-corrected chi connectivity index (χ4v) is 3.07. The van der Waals surface area contributed by atoms with Crippen molar-refractivity contribution in [1.29, 1.82) is 0 Å². The Morgan fingerprint density at radius 3 is 2.19 bits per heavy atom. The van der Waals surface area contributed by atoms with Crippen LogP contribution in [0.1, 0.15) is 17.2 Å². The SMILES string of the molecule is O=C(O)CN1C(=O)C(=O)C(=C(O)c2ccc(Cl)cc2)C1c1ccc(F)cc1. The van der Waals surface area contributed by atoms with Crippen LogP contribution in [-0.4, -0.2) is 39.3 Å². The molecule has 6 nitrogen and oxygen atoms in total. The molecule has 1 aliphatic heterocycles. The van der Waals surface area contributed by atoms with Gasteiger partial charge in [-0.1, -0.05) is 23.7 Å². The molecule has 8 heteroatoms. The van der Waals surface area contributed by atoms with Crippen LogP contribution in [-0.2, 0) is 14.4 Å². The highest BCUT2D eigenvalue weighted by molar-refractivity contribution is 6.46. The summed E-state index contributed by atoms with van der Waals surface area (Å²) >= 11 is 5.82. The molecule has 0 saturated carbocycles. The molecule has 3 rings (SSSR count). The molecule has 2 N–H and O–H groups in total. The number of halogens is 2. The number of amides is 1. The number of benzene rings is 2. The molecule has 138 valence electrons. The Bertz CT molecular complexity index is 953. The topological polar surface area (TPSA) is 94.9 Å². The second kappa shape index (κ2) is 7.20. The zero-order valence-electron chi connectivity index (χ0n) is 13.7. The first-order valence-corrected chi connectivity index (χ1v) is 8.19. The van der Waals surface area contributed by atoms with E-state index in [9.17, 15) is 23.9 Å². The highest BCUT2D eigenvalue weighted by atomic mass is 35.5. The summed E-state index contributed by atoms with van der Waals surface area (Å²) < 4.78 is 13.3. The molecule has 1 amide bonds. The van der Waals surface area contributed by atoms with Gasteiger partial charge in [0.2, 0.25) is 0 Å². The van der Waals surface area contributed by atoms with Gasteiger partial charge in [-0.2, -0.15) is 0 Å². The molecule has 27 heavy (non-hydrogen) atoms. The third-order valence-corrected chi connectivity index (χ3v) is 4.40. The van der Waals surface area contributed by atoms with E-state index < -0.39 is 41.8 Å². The largest absolute Gasteiger partial charge is 0.507 e. The van der Waals surface area contributed by atoms with Crippen molar-refractivity contribution in [3.63, 3.8) is 0 Å². The van der Waals surface area contributed by atoms with Gasteiger partial charge in [-0.25, -0.2) is 4.39 Å². The van der Waals surface area contributed by atoms with Crippen molar-refractivity contribution in [3.8, 4) is 0 Å². The number of hydrogen-bond donors (Lipinski definition) is 2. The Labute approximate surface area is 158 Å². The maximum Gasteiger partial charge on any atom is 0.323 e. The van der Waals surface area contributed by atoms with Gasteiger partial charge in [0.05, 0.1) is 11.6 Å². The minimum Gasteiger partial charge on any atom is -0.507 e. The number of carbonyl (C=O) groups is 3. The van der Waals surface area contributed by atoms with Crippen LogP contribution in [0, 0.1) is 5.82 Å². The number of aliphatic carboxylic acids is 1. The summed E-state index contributed by atoms with van der Waals surface area (Å²) in [5.41, 5.74) is 0.266. The van der Waals surface area contributed by atoms with Crippen LogP contribution in [0.4, 0.5) is 4.39 Å². The molecule has 0 bridgehead atoms. The minimum absolute atomic E-state index is 0.236. The number of aliphatic hydroxyl groups excluding tert-OH is 1. The maximum atomic E-state index is 13.3. The van der Waals surface area contributed by atoms with Gasteiger partial charge in [-0.3, -0.25) is 14.4 Å². The van der Waals surface area contributed by atoms with E-state index in [2.05, 4.69) is 0 Å². The molecular formula is C19H13ClFNO5. The van der Waals surface area contributed by atoms with Crippen molar-refractivity contribution in [2.24, 2.45) is 0 Å². The summed E-state index contributed by atoms with van der Waals surface area (Å²) in [6, 6.07) is 9.67. The van der Waals surface area contributed by atoms with Crippen molar-refractivity contribution < 1.29 is 29.0 Å². The van der Waals surface area contributed by atoms with Gasteiger partial charge in [-0.15, -0.1) is 0 Å².